The fourth-order valence-electron chi connectivity index (χ4n) is 3.06. The lowest BCUT2D eigenvalue weighted by Gasteiger charge is -2.13. The zero-order chi connectivity index (χ0) is 23.8. The van der Waals surface area contributed by atoms with Crippen molar-refractivity contribution in [2.24, 2.45) is 0 Å². The fourth-order valence-corrected chi connectivity index (χ4v) is 3.92. The summed E-state index contributed by atoms with van der Waals surface area (Å²) >= 11 is 1.07. The lowest BCUT2D eigenvalue weighted by Crippen LogP contribution is -2.32. The molecule has 0 aliphatic rings. The van der Waals surface area contributed by atoms with Crippen LogP contribution in [-0.2, 0) is 32.0 Å². The van der Waals surface area contributed by atoms with Crippen LogP contribution in [0.5, 0.6) is 0 Å². The van der Waals surface area contributed by atoms with E-state index in [1.165, 1.54) is 30.9 Å². The van der Waals surface area contributed by atoms with Gasteiger partial charge in [0.1, 0.15) is 6.54 Å². The highest BCUT2D eigenvalue weighted by Crippen LogP contribution is 2.20. The standard InChI is InChI=1S/C23H23N3O6S/c1-31-20(28)13-24-19(27)14-33-23-25-18-12-16(22(30)32-2)8-9-17(18)21(29)26(23)11-10-15-6-4-3-5-7-15/h3-9,12H,10-11,13-14H2,1-2H3,(H,24,27). The van der Waals surface area contributed by atoms with Gasteiger partial charge >= 0.3 is 11.9 Å². The first-order valence-corrected chi connectivity index (χ1v) is 11.0. The van der Waals surface area contributed by atoms with Crippen molar-refractivity contribution in [3.63, 3.8) is 0 Å². The third-order valence-corrected chi connectivity index (χ3v) is 5.77. The average molecular weight is 470 g/mol. The highest BCUT2D eigenvalue weighted by molar-refractivity contribution is 7.99. The highest BCUT2D eigenvalue weighted by Gasteiger charge is 2.16. The Bertz CT molecular complexity index is 1230. The fraction of sp³-hybridized carbons (Fsp3) is 0.261. The van der Waals surface area contributed by atoms with E-state index < -0.39 is 17.8 Å². The van der Waals surface area contributed by atoms with Crippen LogP contribution in [0.1, 0.15) is 15.9 Å². The van der Waals surface area contributed by atoms with Crippen LogP contribution in [0.2, 0.25) is 0 Å². The monoisotopic (exact) mass is 469 g/mol. The number of ether oxygens (including phenoxy) is 2. The topological polar surface area (TPSA) is 117 Å². The predicted molar refractivity (Wildman–Crippen MR) is 123 cm³/mol. The minimum absolute atomic E-state index is 0.0586. The van der Waals surface area contributed by atoms with Gasteiger partial charge in [-0.2, -0.15) is 0 Å². The van der Waals surface area contributed by atoms with E-state index in [0.29, 0.717) is 29.0 Å². The number of carbonyl (C=O) groups excluding carboxylic acids is 3. The number of nitrogens with zero attached hydrogens (tertiary/aromatic N) is 2. The Kier molecular flexibility index (Phi) is 8.20. The second kappa shape index (κ2) is 11.3. The maximum absolute atomic E-state index is 13.3. The highest BCUT2D eigenvalue weighted by atomic mass is 32.2. The van der Waals surface area contributed by atoms with Crippen LogP contribution in [0.25, 0.3) is 10.9 Å². The molecule has 9 nitrogen and oxygen atoms in total. The molecule has 1 aromatic heterocycles. The van der Waals surface area contributed by atoms with Crippen LogP contribution in [0.3, 0.4) is 0 Å². The maximum atomic E-state index is 13.3. The molecular formula is C23H23N3O6S. The number of aromatic nitrogens is 2. The van der Waals surface area contributed by atoms with Crippen molar-refractivity contribution < 1.29 is 23.9 Å². The molecule has 1 N–H and O–H groups in total. The molecule has 0 saturated carbocycles. The van der Waals surface area contributed by atoms with E-state index in [0.717, 1.165) is 17.3 Å². The lowest BCUT2D eigenvalue weighted by atomic mass is 10.1. The van der Waals surface area contributed by atoms with E-state index in [9.17, 15) is 19.2 Å². The Balaban J connectivity index is 1.91. The molecule has 0 unspecified atom stereocenters. The van der Waals surface area contributed by atoms with Crippen LogP contribution < -0.4 is 10.9 Å². The van der Waals surface area contributed by atoms with Gasteiger partial charge < -0.3 is 14.8 Å². The largest absolute Gasteiger partial charge is 0.468 e. The van der Waals surface area contributed by atoms with E-state index in [1.54, 1.807) is 6.07 Å². The minimum atomic E-state index is -0.563. The zero-order valence-corrected chi connectivity index (χ0v) is 19.0. The van der Waals surface area contributed by atoms with E-state index in [4.69, 9.17) is 4.74 Å². The van der Waals surface area contributed by atoms with Crippen LogP contribution >= 0.6 is 11.8 Å². The van der Waals surface area contributed by atoms with Crippen molar-refractivity contribution >= 4 is 40.5 Å². The number of hydrogen-bond acceptors (Lipinski definition) is 8. The first-order chi connectivity index (χ1) is 15.9. The smallest absolute Gasteiger partial charge is 0.337 e. The predicted octanol–water partition coefficient (Wildman–Crippen LogP) is 1.81. The molecule has 2 aromatic carbocycles. The summed E-state index contributed by atoms with van der Waals surface area (Å²) in [5.74, 6) is -1.56. The van der Waals surface area contributed by atoms with Crippen molar-refractivity contribution in [2.45, 2.75) is 18.1 Å². The summed E-state index contributed by atoms with van der Waals surface area (Å²) in [6, 6.07) is 14.3. The number of benzene rings is 2. The molecule has 0 spiro atoms. The number of hydrogen-bond donors (Lipinski definition) is 1. The van der Waals surface area contributed by atoms with Gasteiger partial charge in [-0.05, 0) is 30.2 Å². The number of methoxy groups -OCH3 is 2. The quantitative estimate of drug-likeness (QED) is 0.287. The van der Waals surface area contributed by atoms with Crippen molar-refractivity contribution in [2.75, 3.05) is 26.5 Å². The zero-order valence-electron chi connectivity index (χ0n) is 18.2. The van der Waals surface area contributed by atoms with Gasteiger partial charge in [0.05, 0.1) is 36.4 Å². The molecule has 0 bridgehead atoms. The molecule has 0 atom stereocenters. The van der Waals surface area contributed by atoms with Crippen LogP contribution in [-0.4, -0.2) is 53.9 Å². The summed E-state index contributed by atoms with van der Waals surface area (Å²) in [5.41, 5.74) is 1.38. The van der Waals surface area contributed by atoms with Crippen LogP contribution in [0.4, 0.5) is 0 Å². The van der Waals surface area contributed by atoms with Crippen LogP contribution in [0.15, 0.2) is 58.5 Å². The molecular weight excluding hydrogens is 446 g/mol. The second-order valence-corrected chi connectivity index (χ2v) is 7.89. The average Bonchev–Trinajstić information content (AvgIpc) is 2.85. The molecule has 172 valence electrons. The third-order valence-electron chi connectivity index (χ3n) is 4.80. The Hall–Kier alpha value is -3.66. The van der Waals surface area contributed by atoms with Gasteiger partial charge in [-0.25, -0.2) is 9.78 Å². The minimum Gasteiger partial charge on any atom is -0.468 e. The van der Waals surface area contributed by atoms with E-state index in [-0.39, 0.29) is 23.4 Å². The second-order valence-electron chi connectivity index (χ2n) is 6.95. The summed E-state index contributed by atoms with van der Waals surface area (Å²) in [5, 5.41) is 3.14. The number of amides is 1. The number of nitrogens with one attached hydrogen (secondary N) is 1. The first kappa shape index (κ1) is 24.0. The van der Waals surface area contributed by atoms with E-state index >= 15 is 0 Å². The Morgan fingerprint density at radius 3 is 2.52 bits per heavy atom. The molecule has 0 fully saturated rings. The Morgan fingerprint density at radius 2 is 1.82 bits per heavy atom. The van der Waals surface area contributed by atoms with Gasteiger partial charge in [-0.1, -0.05) is 42.1 Å². The molecule has 0 aliphatic carbocycles. The number of rotatable bonds is 9. The first-order valence-electron chi connectivity index (χ1n) is 10.1. The van der Waals surface area contributed by atoms with Crippen molar-refractivity contribution in [3.8, 4) is 0 Å². The van der Waals surface area contributed by atoms with Crippen LogP contribution in [0, 0.1) is 0 Å². The third kappa shape index (κ3) is 6.19. The summed E-state index contributed by atoms with van der Waals surface area (Å²) in [6.07, 6.45) is 0.594. The van der Waals surface area contributed by atoms with Gasteiger partial charge in [0.2, 0.25) is 5.91 Å². The van der Waals surface area contributed by atoms with Gasteiger partial charge in [0, 0.05) is 6.54 Å². The Morgan fingerprint density at radius 1 is 1.06 bits per heavy atom. The van der Waals surface area contributed by atoms with Gasteiger partial charge in [-0.15, -0.1) is 0 Å². The number of aryl methyl sites for hydroxylation is 1. The van der Waals surface area contributed by atoms with Crippen molar-refractivity contribution in [1.82, 2.24) is 14.9 Å². The van der Waals surface area contributed by atoms with Gasteiger partial charge in [-0.3, -0.25) is 19.0 Å². The van der Waals surface area contributed by atoms with Crippen molar-refractivity contribution in [1.29, 1.82) is 0 Å². The number of esters is 2. The molecule has 0 saturated heterocycles. The van der Waals surface area contributed by atoms with E-state index in [1.807, 2.05) is 30.3 Å². The maximum Gasteiger partial charge on any atom is 0.337 e. The summed E-state index contributed by atoms with van der Waals surface area (Å²) < 4.78 is 10.8. The Labute approximate surface area is 194 Å². The number of thioether (sulfide) groups is 1. The number of fused-ring (bicyclic) bond motifs is 1. The van der Waals surface area contributed by atoms with Crippen molar-refractivity contribution in [3.05, 3.63) is 70.0 Å². The summed E-state index contributed by atoms with van der Waals surface area (Å²) in [6.45, 7) is 0.112. The molecule has 1 heterocycles. The molecule has 10 heteroatoms. The van der Waals surface area contributed by atoms with E-state index in [2.05, 4.69) is 15.0 Å². The molecule has 0 aliphatic heterocycles. The lowest BCUT2D eigenvalue weighted by molar-refractivity contribution is -0.140. The normalized spacial score (nSPS) is 10.6. The molecule has 3 aromatic rings. The molecule has 1 amide bonds. The molecule has 3 rings (SSSR count). The number of carbonyl (C=O) groups is 3. The van der Waals surface area contributed by atoms with Gasteiger partial charge in [0.25, 0.3) is 5.56 Å². The molecule has 0 radical (unpaired) electrons. The molecule has 33 heavy (non-hydrogen) atoms. The summed E-state index contributed by atoms with van der Waals surface area (Å²) in [7, 11) is 2.51. The summed E-state index contributed by atoms with van der Waals surface area (Å²) in [4.78, 5) is 53.1. The SMILES string of the molecule is COC(=O)CNC(=O)CSc1nc2cc(C(=O)OC)ccc2c(=O)n1CCc1ccccc1. The van der Waals surface area contributed by atoms with Gasteiger partial charge in [0.15, 0.2) is 5.16 Å².